The topological polar surface area (TPSA) is 90.7 Å². The first-order chi connectivity index (χ1) is 11.7. The minimum absolute atomic E-state index is 0.222. The highest BCUT2D eigenvalue weighted by Gasteiger charge is 2.25. The second kappa shape index (κ2) is 7.57. The predicted octanol–water partition coefficient (Wildman–Crippen LogP) is 3.45. The van der Waals surface area contributed by atoms with Crippen LogP contribution in [-0.4, -0.2) is 30.2 Å². The molecule has 0 aliphatic carbocycles. The second-order valence-electron chi connectivity index (χ2n) is 5.54. The van der Waals surface area contributed by atoms with Gasteiger partial charge >= 0.3 is 5.97 Å². The predicted molar refractivity (Wildman–Crippen MR) is 92.2 cm³/mol. The number of aryl methyl sites for hydroxylation is 3. The number of halogens is 1. The fourth-order valence-corrected chi connectivity index (χ4v) is 2.37. The van der Waals surface area contributed by atoms with Gasteiger partial charge in [0.15, 0.2) is 6.10 Å². The summed E-state index contributed by atoms with van der Waals surface area (Å²) < 4.78 is 15.3. The third-order valence-electron chi connectivity index (χ3n) is 3.63. The number of nitrogens with zero attached hydrogens (tertiary/aromatic N) is 1. The number of aromatic nitrogens is 1. The average molecular weight is 367 g/mol. The molecule has 1 aromatic carbocycles. The number of carbonyl (C=O) groups is 2. The van der Waals surface area contributed by atoms with Crippen molar-refractivity contribution in [1.82, 2.24) is 5.16 Å². The molecule has 1 N–H and O–H groups in total. The van der Waals surface area contributed by atoms with E-state index in [1.165, 1.54) is 14.0 Å². The fourth-order valence-electron chi connectivity index (χ4n) is 2.21. The zero-order valence-corrected chi connectivity index (χ0v) is 15.4. The quantitative estimate of drug-likeness (QED) is 0.815. The summed E-state index contributed by atoms with van der Waals surface area (Å²) in [6.45, 7) is 6.50. The van der Waals surface area contributed by atoms with E-state index in [9.17, 15) is 9.59 Å². The molecule has 1 aromatic heterocycles. The van der Waals surface area contributed by atoms with Crippen molar-refractivity contribution in [2.24, 2.45) is 0 Å². The number of rotatable bonds is 5. The molecule has 0 saturated carbocycles. The molecule has 2 aromatic rings. The van der Waals surface area contributed by atoms with E-state index in [0.717, 1.165) is 5.56 Å². The molecule has 0 aliphatic heterocycles. The largest absolute Gasteiger partial charge is 0.495 e. The lowest BCUT2D eigenvalue weighted by atomic mass is 10.2. The Kier molecular flexibility index (Phi) is 5.69. The summed E-state index contributed by atoms with van der Waals surface area (Å²) in [7, 11) is 1.47. The standard InChI is InChI=1S/C17H19ClN2O5/c1-8-6-13(14(23-5)7-12(8)18)19-16(21)11(4)24-17(22)15-9(2)20-25-10(15)3/h6-7,11H,1-5H3,(H,19,21). The Balaban J connectivity index is 2.11. The normalized spacial score (nSPS) is 11.8. The first-order valence-electron chi connectivity index (χ1n) is 7.53. The van der Waals surface area contributed by atoms with E-state index in [0.29, 0.717) is 27.9 Å². The lowest BCUT2D eigenvalue weighted by Crippen LogP contribution is -2.30. The number of methoxy groups -OCH3 is 1. The number of hydrogen-bond donors (Lipinski definition) is 1. The van der Waals surface area contributed by atoms with Gasteiger partial charge in [-0.25, -0.2) is 4.79 Å². The van der Waals surface area contributed by atoms with Crippen molar-refractivity contribution in [2.75, 3.05) is 12.4 Å². The molecule has 1 heterocycles. The lowest BCUT2D eigenvalue weighted by molar-refractivity contribution is -0.123. The number of anilines is 1. The zero-order chi connectivity index (χ0) is 18.7. The summed E-state index contributed by atoms with van der Waals surface area (Å²) >= 11 is 6.04. The van der Waals surface area contributed by atoms with Gasteiger partial charge in [0.1, 0.15) is 17.1 Å². The molecular formula is C17H19ClN2O5. The van der Waals surface area contributed by atoms with Gasteiger partial charge in [-0.2, -0.15) is 0 Å². The van der Waals surface area contributed by atoms with Gasteiger partial charge in [-0.3, -0.25) is 4.79 Å². The number of ether oxygens (including phenoxy) is 2. The highest BCUT2D eigenvalue weighted by molar-refractivity contribution is 6.31. The van der Waals surface area contributed by atoms with Crippen molar-refractivity contribution in [3.8, 4) is 5.75 Å². The summed E-state index contributed by atoms with van der Waals surface area (Å²) in [6, 6.07) is 3.29. The molecular weight excluding hydrogens is 348 g/mol. The van der Waals surface area contributed by atoms with E-state index < -0.39 is 18.0 Å². The van der Waals surface area contributed by atoms with Crippen molar-refractivity contribution < 1.29 is 23.6 Å². The van der Waals surface area contributed by atoms with Crippen LogP contribution in [0.5, 0.6) is 5.75 Å². The number of esters is 1. The van der Waals surface area contributed by atoms with Crippen molar-refractivity contribution in [3.05, 3.63) is 39.7 Å². The van der Waals surface area contributed by atoms with E-state index in [4.69, 9.17) is 25.6 Å². The Labute approximate surface area is 150 Å². The van der Waals surface area contributed by atoms with Crippen LogP contribution < -0.4 is 10.1 Å². The number of benzene rings is 1. The molecule has 2 rings (SSSR count). The number of carbonyl (C=O) groups excluding carboxylic acids is 2. The molecule has 0 saturated heterocycles. The maximum Gasteiger partial charge on any atom is 0.344 e. The van der Waals surface area contributed by atoms with Gasteiger partial charge in [0, 0.05) is 11.1 Å². The lowest BCUT2D eigenvalue weighted by Gasteiger charge is -2.16. The maximum atomic E-state index is 12.3. The van der Waals surface area contributed by atoms with Crippen molar-refractivity contribution in [3.63, 3.8) is 0 Å². The van der Waals surface area contributed by atoms with E-state index in [2.05, 4.69) is 10.5 Å². The Hall–Kier alpha value is -2.54. The van der Waals surface area contributed by atoms with E-state index in [1.54, 1.807) is 32.9 Å². The number of hydrogen-bond acceptors (Lipinski definition) is 6. The molecule has 0 fully saturated rings. The highest BCUT2D eigenvalue weighted by Crippen LogP contribution is 2.31. The average Bonchev–Trinajstić information content (AvgIpc) is 2.89. The second-order valence-corrected chi connectivity index (χ2v) is 5.94. The van der Waals surface area contributed by atoms with Gasteiger partial charge < -0.3 is 19.3 Å². The zero-order valence-electron chi connectivity index (χ0n) is 14.6. The number of nitrogens with one attached hydrogen (secondary N) is 1. The Bertz CT molecular complexity index is 796. The summed E-state index contributed by atoms with van der Waals surface area (Å²) in [5.41, 5.74) is 1.84. The molecule has 134 valence electrons. The van der Waals surface area contributed by atoms with Crippen LogP contribution in [-0.2, 0) is 9.53 Å². The SMILES string of the molecule is COc1cc(Cl)c(C)cc1NC(=O)C(C)OC(=O)c1c(C)noc1C. The molecule has 8 heteroatoms. The van der Waals surface area contributed by atoms with Crippen LogP contribution in [0.3, 0.4) is 0 Å². The molecule has 7 nitrogen and oxygen atoms in total. The Morgan fingerprint density at radius 1 is 1.28 bits per heavy atom. The molecule has 0 spiro atoms. The first-order valence-corrected chi connectivity index (χ1v) is 7.91. The van der Waals surface area contributed by atoms with Gasteiger partial charge in [-0.1, -0.05) is 16.8 Å². The van der Waals surface area contributed by atoms with E-state index >= 15 is 0 Å². The van der Waals surface area contributed by atoms with Gasteiger partial charge in [0.05, 0.1) is 18.5 Å². The van der Waals surface area contributed by atoms with Gasteiger partial charge in [0.25, 0.3) is 5.91 Å². The van der Waals surface area contributed by atoms with Gasteiger partial charge in [-0.05, 0) is 39.3 Å². The molecule has 0 bridgehead atoms. The van der Waals surface area contributed by atoms with Crippen molar-refractivity contribution >= 4 is 29.2 Å². The summed E-state index contributed by atoms with van der Waals surface area (Å²) in [4.78, 5) is 24.5. The van der Waals surface area contributed by atoms with Crippen molar-refractivity contribution in [2.45, 2.75) is 33.8 Å². The maximum absolute atomic E-state index is 12.3. The summed E-state index contributed by atoms with van der Waals surface area (Å²) in [5, 5.41) is 6.88. The Morgan fingerprint density at radius 2 is 1.96 bits per heavy atom. The Morgan fingerprint density at radius 3 is 2.52 bits per heavy atom. The van der Waals surface area contributed by atoms with E-state index in [1.807, 2.05) is 0 Å². The molecule has 1 atom stereocenters. The van der Waals surface area contributed by atoms with Gasteiger partial charge in [0.2, 0.25) is 0 Å². The monoisotopic (exact) mass is 366 g/mol. The van der Waals surface area contributed by atoms with Crippen LogP contribution in [0.1, 0.15) is 34.3 Å². The first kappa shape index (κ1) is 18.8. The van der Waals surface area contributed by atoms with Crippen LogP contribution >= 0.6 is 11.6 Å². The third kappa shape index (κ3) is 4.11. The molecule has 0 aliphatic rings. The molecule has 1 amide bonds. The van der Waals surface area contributed by atoms with Gasteiger partial charge in [-0.15, -0.1) is 0 Å². The molecule has 25 heavy (non-hydrogen) atoms. The van der Waals surface area contributed by atoms with Crippen LogP contribution in [0.15, 0.2) is 16.7 Å². The smallest absolute Gasteiger partial charge is 0.344 e. The highest BCUT2D eigenvalue weighted by atomic mass is 35.5. The summed E-state index contributed by atoms with van der Waals surface area (Å²) in [5.74, 6) is -0.420. The van der Waals surface area contributed by atoms with Crippen molar-refractivity contribution in [1.29, 1.82) is 0 Å². The van der Waals surface area contributed by atoms with Crippen LogP contribution in [0.25, 0.3) is 0 Å². The van der Waals surface area contributed by atoms with E-state index in [-0.39, 0.29) is 5.56 Å². The van der Waals surface area contributed by atoms with Crippen LogP contribution in [0, 0.1) is 20.8 Å². The molecule has 1 unspecified atom stereocenters. The minimum atomic E-state index is -1.03. The summed E-state index contributed by atoms with van der Waals surface area (Å²) in [6.07, 6.45) is -1.03. The van der Waals surface area contributed by atoms with Crippen LogP contribution in [0.2, 0.25) is 5.02 Å². The minimum Gasteiger partial charge on any atom is -0.495 e. The fraction of sp³-hybridized carbons (Fsp3) is 0.353. The number of amides is 1. The third-order valence-corrected chi connectivity index (χ3v) is 4.04. The molecule has 0 radical (unpaired) electrons. The van der Waals surface area contributed by atoms with Crippen LogP contribution in [0.4, 0.5) is 5.69 Å².